The molecule has 0 bridgehead atoms. The lowest BCUT2D eigenvalue weighted by Crippen LogP contribution is -2.11. The van der Waals surface area contributed by atoms with Crippen molar-refractivity contribution >= 4 is 0 Å². The zero-order valence-electron chi connectivity index (χ0n) is 16.4. The van der Waals surface area contributed by atoms with E-state index in [1.54, 1.807) is 25.7 Å². The fourth-order valence-electron chi connectivity index (χ4n) is 3.18. The van der Waals surface area contributed by atoms with E-state index in [2.05, 4.69) is 26.4 Å². The van der Waals surface area contributed by atoms with Crippen LogP contribution in [0, 0.1) is 0 Å². The molecule has 0 spiro atoms. The van der Waals surface area contributed by atoms with Crippen molar-refractivity contribution in [2.45, 2.75) is 19.6 Å². The predicted octanol–water partition coefficient (Wildman–Crippen LogP) is 4.54. The number of aromatic nitrogens is 4. The van der Waals surface area contributed by atoms with E-state index in [1.807, 2.05) is 60.8 Å². The van der Waals surface area contributed by atoms with Crippen LogP contribution in [-0.4, -0.2) is 26.6 Å². The second kappa shape index (κ2) is 8.56. The summed E-state index contributed by atoms with van der Waals surface area (Å²) in [6.07, 6.45) is 7.25. The number of ether oxygens (including phenoxy) is 2. The van der Waals surface area contributed by atoms with Crippen molar-refractivity contribution in [3.05, 3.63) is 90.5 Å². The Morgan fingerprint density at radius 1 is 0.897 bits per heavy atom. The number of benzene rings is 1. The van der Waals surface area contributed by atoms with E-state index in [0.29, 0.717) is 12.5 Å². The van der Waals surface area contributed by atoms with Crippen molar-refractivity contribution in [1.29, 1.82) is 0 Å². The summed E-state index contributed by atoms with van der Waals surface area (Å²) >= 11 is 0. The third-order valence-electron chi connectivity index (χ3n) is 4.77. The lowest BCUT2D eigenvalue weighted by atomic mass is 10.1. The van der Waals surface area contributed by atoms with E-state index in [0.717, 1.165) is 28.4 Å². The molecule has 0 aliphatic heterocycles. The predicted molar refractivity (Wildman–Crippen MR) is 111 cm³/mol. The van der Waals surface area contributed by atoms with Crippen molar-refractivity contribution in [3.63, 3.8) is 0 Å². The smallest absolute Gasteiger partial charge is 0.218 e. The first-order valence-corrected chi connectivity index (χ1v) is 9.41. The van der Waals surface area contributed by atoms with Crippen LogP contribution in [0.15, 0.2) is 79.4 Å². The molecule has 3 aromatic heterocycles. The van der Waals surface area contributed by atoms with Gasteiger partial charge < -0.3 is 14.0 Å². The third-order valence-corrected chi connectivity index (χ3v) is 4.77. The maximum atomic E-state index is 6.06. The standard InChI is InChI=1S/C23H22N4O2/c1-17(27-15-14-25-22(27)21-7-3-4-12-24-21)20-6-5-13-26-23(20)29-16-18-8-10-19(28-2)11-9-18/h3-15,17H,16H2,1-2H3. The van der Waals surface area contributed by atoms with E-state index >= 15 is 0 Å². The number of hydrogen-bond acceptors (Lipinski definition) is 5. The fraction of sp³-hybridized carbons (Fsp3) is 0.174. The molecular weight excluding hydrogens is 364 g/mol. The van der Waals surface area contributed by atoms with Crippen LogP contribution in [0.3, 0.4) is 0 Å². The van der Waals surface area contributed by atoms with Crippen LogP contribution in [-0.2, 0) is 6.61 Å². The maximum absolute atomic E-state index is 6.06. The molecule has 0 amide bonds. The number of rotatable bonds is 7. The Morgan fingerprint density at radius 3 is 2.48 bits per heavy atom. The number of methoxy groups -OCH3 is 1. The number of imidazole rings is 1. The Kier molecular flexibility index (Phi) is 5.52. The van der Waals surface area contributed by atoms with E-state index in [1.165, 1.54) is 0 Å². The quantitative estimate of drug-likeness (QED) is 0.467. The molecule has 1 aromatic carbocycles. The van der Waals surface area contributed by atoms with Gasteiger partial charge in [-0.1, -0.05) is 24.3 Å². The molecule has 0 N–H and O–H groups in total. The van der Waals surface area contributed by atoms with Crippen LogP contribution < -0.4 is 9.47 Å². The van der Waals surface area contributed by atoms with Gasteiger partial charge in [0.2, 0.25) is 5.88 Å². The first kappa shape index (κ1) is 18.7. The second-order valence-electron chi connectivity index (χ2n) is 6.58. The monoisotopic (exact) mass is 386 g/mol. The molecule has 6 heteroatoms. The molecule has 0 radical (unpaired) electrons. The SMILES string of the molecule is COc1ccc(COc2ncccc2C(C)n2ccnc2-c2ccccn2)cc1. The molecule has 1 atom stereocenters. The van der Waals surface area contributed by atoms with Gasteiger partial charge in [0.25, 0.3) is 0 Å². The van der Waals surface area contributed by atoms with Gasteiger partial charge in [0.05, 0.1) is 13.2 Å². The van der Waals surface area contributed by atoms with Crippen molar-refractivity contribution in [2.75, 3.05) is 7.11 Å². The van der Waals surface area contributed by atoms with Gasteiger partial charge in [-0.2, -0.15) is 0 Å². The van der Waals surface area contributed by atoms with Gasteiger partial charge in [0.15, 0.2) is 5.82 Å². The Morgan fingerprint density at radius 2 is 1.72 bits per heavy atom. The summed E-state index contributed by atoms with van der Waals surface area (Å²) < 4.78 is 13.3. The molecule has 3 heterocycles. The number of pyridine rings is 2. The van der Waals surface area contributed by atoms with Crippen LogP contribution in [0.2, 0.25) is 0 Å². The molecule has 0 saturated carbocycles. The lowest BCUT2D eigenvalue weighted by molar-refractivity contribution is 0.287. The fourth-order valence-corrected chi connectivity index (χ4v) is 3.18. The minimum absolute atomic E-state index is 0.0194. The summed E-state index contributed by atoms with van der Waals surface area (Å²) in [6.45, 7) is 2.53. The van der Waals surface area contributed by atoms with Gasteiger partial charge in [0, 0.05) is 30.4 Å². The average Bonchev–Trinajstić information content (AvgIpc) is 3.28. The number of hydrogen-bond donors (Lipinski definition) is 0. The first-order valence-electron chi connectivity index (χ1n) is 9.41. The maximum Gasteiger partial charge on any atom is 0.218 e. The van der Waals surface area contributed by atoms with Crippen LogP contribution >= 0.6 is 0 Å². The largest absolute Gasteiger partial charge is 0.497 e. The van der Waals surface area contributed by atoms with Crippen molar-refractivity contribution in [1.82, 2.24) is 19.5 Å². The molecule has 0 fully saturated rings. The molecule has 0 saturated heterocycles. The van der Waals surface area contributed by atoms with Crippen LogP contribution in [0.25, 0.3) is 11.5 Å². The van der Waals surface area contributed by atoms with Gasteiger partial charge in [0.1, 0.15) is 18.1 Å². The summed E-state index contributed by atoms with van der Waals surface area (Å²) in [5, 5.41) is 0. The zero-order valence-corrected chi connectivity index (χ0v) is 16.4. The van der Waals surface area contributed by atoms with E-state index in [9.17, 15) is 0 Å². The van der Waals surface area contributed by atoms with Gasteiger partial charge >= 0.3 is 0 Å². The van der Waals surface area contributed by atoms with Crippen LogP contribution in [0.5, 0.6) is 11.6 Å². The van der Waals surface area contributed by atoms with Gasteiger partial charge in [-0.15, -0.1) is 0 Å². The molecule has 146 valence electrons. The van der Waals surface area contributed by atoms with Crippen LogP contribution in [0.1, 0.15) is 24.1 Å². The van der Waals surface area contributed by atoms with Crippen molar-refractivity contribution in [2.24, 2.45) is 0 Å². The summed E-state index contributed by atoms with van der Waals surface area (Å²) in [7, 11) is 1.66. The highest BCUT2D eigenvalue weighted by Crippen LogP contribution is 2.29. The van der Waals surface area contributed by atoms with Gasteiger partial charge in [-0.25, -0.2) is 9.97 Å². The molecule has 0 aliphatic rings. The highest BCUT2D eigenvalue weighted by Gasteiger charge is 2.18. The first-order chi connectivity index (χ1) is 14.3. The normalized spacial score (nSPS) is 11.8. The molecule has 29 heavy (non-hydrogen) atoms. The zero-order chi connectivity index (χ0) is 20.1. The molecule has 4 aromatic rings. The topological polar surface area (TPSA) is 62.1 Å². The van der Waals surface area contributed by atoms with Crippen molar-refractivity contribution in [3.8, 4) is 23.1 Å². The Bertz CT molecular complexity index is 1060. The van der Waals surface area contributed by atoms with E-state index in [4.69, 9.17) is 9.47 Å². The van der Waals surface area contributed by atoms with Crippen molar-refractivity contribution < 1.29 is 9.47 Å². The van der Waals surface area contributed by atoms with Gasteiger partial charge in [-0.05, 0) is 42.8 Å². The highest BCUT2D eigenvalue weighted by molar-refractivity contribution is 5.50. The molecule has 4 rings (SSSR count). The average molecular weight is 386 g/mol. The molecule has 1 unspecified atom stereocenters. The molecule has 0 aliphatic carbocycles. The minimum Gasteiger partial charge on any atom is -0.497 e. The molecule has 6 nitrogen and oxygen atoms in total. The Hall–Kier alpha value is -3.67. The summed E-state index contributed by atoms with van der Waals surface area (Å²) in [5.41, 5.74) is 2.86. The Balaban J connectivity index is 1.57. The molecular formula is C23H22N4O2. The van der Waals surface area contributed by atoms with E-state index in [-0.39, 0.29) is 6.04 Å². The summed E-state index contributed by atoms with van der Waals surface area (Å²) in [4.78, 5) is 13.4. The second-order valence-corrected chi connectivity index (χ2v) is 6.58. The van der Waals surface area contributed by atoms with Crippen LogP contribution in [0.4, 0.5) is 0 Å². The summed E-state index contributed by atoms with van der Waals surface area (Å²) in [6, 6.07) is 17.6. The number of nitrogens with zero attached hydrogens (tertiary/aromatic N) is 4. The van der Waals surface area contributed by atoms with Gasteiger partial charge in [-0.3, -0.25) is 4.98 Å². The minimum atomic E-state index is -0.0194. The summed E-state index contributed by atoms with van der Waals surface area (Å²) in [5.74, 6) is 2.24. The lowest BCUT2D eigenvalue weighted by Gasteiger charge is -2.19. The Labute approximate surface area is 169 Å². The third kappa shape index (κ3) is 4.11. The van der Waals surface area contributed by atoms with E-state index < -0.39 is 0 Å². The highest BCUT2D eigenvalue weighted by atomic mass is 16.5.